The largest absolute Gasteiger partial charge is 0.390 e. The van der Waals surface area contributed by atoms with Crippen LogP contribution in [0.5, 0.6) is 0 Å². The molecule has 0 aliphatic carbocycles. The van der Waals surface area contributed by atoms with E-state index in [1.807, 2.05) is 0 Å². The summed E-state index contributed by atoms with van der Waals surface area (Å²) in [5.74, 6) is 0.0406. The minimum Gasteiger partial charge on any atom is -0.390 e. The predicted molar refractivity (Wildman–Crippen MR) is 54.9 cm³/mol. The van der Waals surface area contributed by atoms with Crippen molar-refractivity contribution in [1.29, 1.82) is 0 Å². The van der Waals surface area contributed by atoms with Crippen LogP contribution in [-0.2, 0) is 23.0 Å². The molecule has 6 nitrogen and oxygen atoms in total. The van der Waals surface area contributed by atoms with Gasteiger partial charge < -0.3 is 5.11 Å². The number of aliphatic hydroxyl groups excluding tert-OH is 1. The molecule has 0 fully saturated rings. The molecular formula is C8H15N3O3S. The molecule has 1 aromatic heterocycles. The summed E-state index contributed by atoms with van der Waals surface area (Å²) >= 11 is 0. The van der Waals surface area contributed by atoms with Crippen LogP contribution in [0.3, 0.4) is 0 Å². The molecule has 0 bridgehead atoms. The fourth-order valence-electron chi connectivity index (χ4n) is 0.977. The van der Waals surface area contributed by atoms with E-state index in [0.717, 1.165) is 0 Å². The first kappa shape index (κ1) is 12.1. The number of aromatic nitrogens is 3. The molecule has 0 spiro atoms. The SMILES string of the molecule is CC(C)S(=O)(=O)CCn1cc(CO)nn1. The zero-order valence-corrected chi connectivity index (χ0v) is 9.61. The fraction of sp³-hybridized carbons (Fsp3) is 0.750. The average Bonchev–Trinajstić information content (AvgIpc) is 2.62. The molecule has 15 heavy (non-hydrogen) atoms. The van der Waals surface area contributed by atoms with Gasteiger partial charge in [0.2, 0.25) is 0 Å². The Morgan fingerprint density at radius 2 is 2.20 bits per heavy atom. The normalized spacial score (nSPS) is 12.3. The van der Waals surface area contributed by atoms with Crippen molar-refractivity contribution >= 4 is 9.84 Å². The maximum absolute atomic E-state index is 11.5. The number of rotatable bonds is 5. The van der Waals surface area contributed by atoms with E-state index >= 15 is 0 Å². The van der Waals surface area contributed by atoms with E-state index in [2.05, 4.69) is 10.3 Å². The number of nitrogens with zero attached hydrogens (tertiary/aromatic N) is 3. The molecule has 0 aliphatic heterocycles. The van der Waals surface area contributed by atoms with E-state index in [4.69, 9.17) is 5.11 Å². The lowest BCUT2D eigenvalue weighted by Crippen LogP contribution is -2.21. The first-order valence-corrected chi connectivity index (χ1v) is 6.38. The van der Waals surface area contributed by atoms with Crippen LogP contribution in [0.1, 0.15) is 19.5 Å². The molecule has 0 atom stereocenters. The number of aryl methyl sites for hydroxylation is 1. The van der Waals surface area contributed by atoms with Crippen molar-refractivity contribution in [2.75, 3.05) is 5.75 Å². The first-order chi connectivity index (χ1) is 6.95. The maximum Gasteiger partial charge on any atom is 0.154 e. The molecule has 0 saturated heterocycles. The molecule has 1 N–H and O–H groups in total. The number of hydrogen-bond donors (Lipinski definition) is 1. The molecule has 0 aromatic carbocycles. The van der Waals surface area contributed by atoms with Crippen molar-refractivity contribution in [1.82, 2.24) is 15.0 Å². The Morgan fingerprint density at radius 3 is 2.67 bits per heavy atom. The number of aliphatic hydroxyl groups is 1. The number of sulfone groups is 1. The summed E-state index contributed by atoms with van der Waals surface area (Å²) in [4.78, 5) is 0. The van der Waals surface area contributed by atoms with E-state index in [1.165, 1.54) is 10.9 Å². The van der Waals surface area contributed by atoms with Gasteiger partial charge in [-0.05, 0) is 13.8 Å². The third kappa shape index (κ3) is 3.28. The van der Waals surface area contributed by atoms with Crippen LogP contribution in [0.4, 0.5) is 0 Å². The van der Waals surface area contributed by atoms with E-state index in [0.29, 0.717) is 5.69 Å². The molecule has 0 radical (unpaired) electrons. The predicted octanol–water partition coefficient (Wildman–Crippen LogP) is -0.406. The van der Waals surface area contributed by atoms with Crippen LogP contribution in [0, 0.1) is 0 Å². The summed E-state index contributed by atoms with van der Waals surface area (Å²) in [6, 6.07) is 0. The lowest BCUT2D eigenvalue weighted by Gasteiger charge is -2.06. The lowest BCUT2D eigenvalue weighted by molar-refractivity contribution is 0.276. The van der Waals surface area contributed by atoms with Gasteiger partial charge in [-0.3, -0.25) is 4.68 Å². The molecule has 0 aliphatic rings. The highest BCUT2D eigenvalue weighted by molar-refractivity contribution is 7.91. The van der Waals surface area contributed by atoms with Gasteiger partial charge in [0.05, 0.1) is 30.4 Å². The van der Waals surface area contributed by atoms with E-state index < -0.39 is 9.84 Å². The molecule has 1 aromatic rings. The van der Waals surface area contributed by atoms with Crippen molar-refractivity contribution in [3.63, 3.8) is 0 Å². The van der Waals surface area contributed by atoms with E-state index in [-0.39, 0.29) is 24.2 Å². The van der Waals surface area contributed by atoms with Gasteiger partial charge in [0.25, 0.3) is 0 Å². The molecule has 0 saturated carbocycles. The Labute approximate surface area is 88.8 Å². The van der Waals surface area contributed by atoms with Gasteiger partial charge in [-0.15, -0.1) is 5.10 Å². The van der Waals surface area contributed by atoms with Crippen LogP contribution in [0.15, 0.2) is 6.20 Å². The molecule has 1 rings (SSSR count). The second-order valence-electron chi connectivity index (χ2n) is 3.55. The van der Waals surface area contributed by atoms with Crippen LogP contribution >= 0.6 is 0 Å². The second kappa shape index (κ2) is 4.71. The fourth-order valence-corrected chi connectivity index (χ4v) is 1.89. The van der Waals surface area contributed by atoms with Crippen molar-refractivity contribution in [3.05, 3.63) is 11.9 Å². The first-order valence-electron chi connectivity index (χ1n) is 4.67. The quantitative estimate of drug-likeness (QED) is 0.747. The summed E-state index contributed by atoms with van der Waals surface area (Å²) in [5, 5.41) is 15.7. The summed E-state index contributed by atoms with van der Waals surface area (Å²) in [7, 11) is -3.04. The molecule has 1 heterocycles. The van der Waals surface area contributed by atoms with Gasteiger partial charge in [0, 0.05) is 0 Å². The zero-order valence-electron chi connectivity index (χ0n) is 8.79. The molecule has 0 unspecified atom stereocenters. The van der Waals surface area contributed by atoms with Crippen molar-refractivity contribution in [3.8, 4) is 0 Å². The van der Waals surface area contributed by atoms with E-state index in [9.17, 15) is 8.42 Å². The van der Waals surface area contributed by atoms with E-state index in [1.54, 1.807) is 13.8 Å². The Hall–Kier alpha value is -0.950. The topological polar surface area (TPSA) is 85.1 Å². The summed E-state index contributed by atoms with van der Waals surface area (Å²) in [5.41, 5.74) is 0.442. The highest BCUT2D eigenvalue weighted by atomic mass is 32.2. The van der Waals surface area contributed by atoms with Crippen molar-refractivity contribution in [2.24, 2.45) is 0 Å². The Kier molecular flexibility index (Phi) is 3.81. The van der Waals surface area contributed by atoms with Gasteiger partial charge in [-0.1, -0.05) is 5.21 Å². The Balaban J connectivity index is 2.58. The smallest absolute Gasteiger partial charge is 0.154 e. The monoisotopic (exact) mass is 233 g/mol. The van der Waals surface area contributed by atoms with Crippen LogP contribution in [-0.4, -0.2) is 39.5 Å². The van der Waals surface area contributed by atoms with Crippen LogP contribution in [0.2, 0.25) is 0 Å². The zero-order chi connectivity index (χ0) is 11.5. The highest BCUT2D eigenvalue weighted by Gasteiger charge is 2.16. The third-order valence-electron chi connectivity index (χ3n) is 2.07. The summed E-state index contributed by atoms with van der Waals surface area (Å²) in [6.07, 6.45) is 1.54. The number of hydrogen-bond acceptors (Lipinski definition) is 5. The van der Waals surface area contributed by atoms with Crippen molar-refractivity contribution in [2.45, 2.75) is 32.2 Å². The molecular weight excluding hydrogens is 218 g/mol. The minimum atomic E-state index is -3.04. The highest BCUT2D eigenvalue weighted by Crippen LogP contribution is 2.02. The van der Waals surface area contributed by atoms with Gasteiger partial charge >= 0.3 is 0 Å². The summed E-state index contributed by atoms with van der Waals surface area (Å²) in [6.45, 7) is 3.39. The molecule has 7 heteroatoms. The maximum atomic E-state index is 11.5. The average molecular weight is 233 g/mol. The van der Waals surface area contributed by atoms with Gasteiger partial charge in [-0.2, -0.15) is 0 Å². The van der Waals surface area contributed by atoms with Crippen molar-refractivity contribution < 1.29 is 13.5 Å². The van der Waals surface area contributed by atoms with Gasteiger partial charge in [0.1, 0.15) is 5.69 Å². The van der Waals surface area contributed by atoms with Crippen LogP contribution in [0.25, 0.3) is 0 Å². The Bertz CT molecular complexity index is 411. The molecule has 86 valence electrons. The minimum absolute atomic E-state index is 0.0406. The standard InChI is InChI=1S/C8H15N3O3S/c1-7(2)15(13,14)4-3-11-5-8(6-12)9-10-11/h5,7,12H,3-4,6H2,1-2H3. The van der Waals surface area contributed by atoms with Gasteiger partial charge in [0.15, 0.2) is 9.84 Å². The Morgan fingerprint density at radius 1 is 1.53 bits per heavy atom. The second-order valence-corrected chi connectivity index (χ2v) is 6.22. The third-order valence-corrected chi connectivity index (χ3v) is 4.26. The van der Waals surface area contributed by atoms with Crippen LogP contribution < -0.4 is 0 Å². The summed E-state index contributed by atoms with van der Waals surface area (Å²) < 4.78 is 24.4. The van der Waals surface area contributed by atoms with Gasteiger partial charge in [-0.25, -0.2) is 8.42 Å². The lowest BCUT2D eigenvalue weighted by atomic mass is 10.5. The molecule has 0 amide bonds.